The lowest BCUT2D eigenvalue weighted by Gasteiger charge is -2.15. The highest BCUT2D eigenvalue weighted by Crippen LogP contribution is 2.21. The van der Waals surface area contributed by atoms with Gasteiger partial charge in [-0.3, -0.25) is 0 Å². The molecule has 2 heteroatoms. The zero-order valence-corrected chi connectivity index (χ0v) is 11.4. The molecule has 0 saturated carbocycles. The van der Waals surface area contributed by atoms with Crippen LogP contribution in [0, 0.1) is 5.92 Å². The fraction of sp³-hybridized carbons (Fsp3) is 0.600. The van der Waals surface area contributed by atoms with Gasteiger partial charge >= 0.3 is 0 Å². The number of benzene rings is 1. The molecule has 1 aromatic carbocycles. The molecule has 17 heavy (non-hydrogen) atoms. The smallest absolute Gasteiger partial charge is 0.123 e. The molecule has 0 aliphatic rings. The van der Waals surface area contributed by atoms with Crippen LogP contribution in [-0.2, 0) is 0 Å². The van der Waals surface area contributed by atoms with Gasteiger partial charge in [-0.05, 0) is 37.8 Å². The lowest BCUT2D eigenvalue weighted by molar-refractivity contribution is 0.204. The first-order chi connectivity index (χ1) is 8.11. The zero-order chi connectivity index (χ0) is 12.7. The molecule has 0 fully saturated rings. The van der Waals surface area contributed by atoms with Crippen LogP contribution in [0.3, 0.4) is 0 Å². The van der Waals surface area contributed by atoms with Crippen molar-refractivity contribution in [1.82, 2.24) is 0 Å². The Bertz CT molecular complexity index is 320. The summed E-state index contributed by atoms with van der Waals surface area (Å²) in [6, 6.07) is 7.78. The van der Waals surface area contributed by atoms with Gasteiger partial charge in [0.25, 0.3) is 0 Å². The molecule has 0 radical (unpaired) electrons. The maximum absolute atomic E-state index is 5.86. The summed E-state index contributed by atoms with van der Waals surface area (Å²) in [4.78, 5) is 0. The Morgan fingerprint density at radius 2 is 1.76 bits per heavy atom. The average Bonchev–Trinajstić information content (AvgIpc) is 2.28. The van der Waals surface area contributed by atoms with E-state index >= 15 is 0 Å². The van der Waals surface area contributed by atoms with Gasteiger partial charge in [-0.15, -0.1) is 0 Å². The maximum Gasteiger partial charge on any atom is 0.123 e. The summed E-state index contributed by atoms with van der Waals surface area (Å²) in [5.74, 6) is 2.51. The van der Waals surface area contributed by atoms with E-state index in [2.05, 4.69) is 20.8 Å². The van der Waals surface area contributed by atoms with Crippen molar-refractivity contribution in [1.29, 1.82) is 0 Å². The Morgan fingerprint density at radius 1 is 1.06 bits per heavy atom. The van der Waals surface area contributed by atoms with Crippen molar-refractivity contribution in [2.24, 2.45) is 5.92 Å². The summed E-state index contributed by atoms with van der Waals surface area (Å²) in [6.45, 7) is 6.64. The van der Waals surface area contributed by atoms with Crippen LogP contribution in [0.2, 0.25) is 0 Å². The van der Waals surface area contributed by atoms with Crippen LogP contribution >= 0.6 is 0 Å². The van der Waals surface area contributed by atoms with Crippen molar-refractivity contribution in [3.63, 3.8) is 0 Å². The summed E-state index contributed by atoms with van der Waals surface area (Å²) in [7, 11) is 1.67. The van der Waals surface area contributed by atoms with Crippen LogP contribution in [0.1, 0.15) is 40.0 Å². The van der Waals surface area contributed by atoms with Gasteiger partial charge in [0.1, 0.15) is 11.5 Å². The molecule has 0 aliphatic carbocycles. The average molecular weight is 236 g/mol. The fourth-order valence-corrected chi connectivity index (χ4v) is 1.78. The molecule has 1 atom stereocenters. The largest absolute Gasteiger partial charge is 0.497 e. The second kappa shape index (κ2) is 7.21. The first kappa shape index (κ1) is 13.9. The molecule has 0 N–H and O–H groups in total. The van der Waals surface area contributed by atoms with Crippen molar-refractivity contribution < 1.29 is 9.47 Å². The van der Waals surface area contributed by atoms with Crippen LogP contribution in [0.4, 0.5) is 0 Å². The minimum Gasteiger partial charge on any atom is -0.497 e. The molecule has 96 valence electrons. The molecule has 1 aromatic rings. The lowest BCUT2D eigenvalue weighted by atomic mass is 10.0. The zero-order valence-electron chi connectivity index (χ0n) is 11.4. The van der Waals surface area contributed by atoms with Gasteiger partial charge in [0.05, 0.1) is 13.2 Å². The fourth-order valence-electron chi connectivity index (χ4n) is 1.78. The molecule has 0 heterocycles. The van der Waals surface area contributed by atoms with E-state index in [9.17, 15) is 0 Å². The number of hydrogen-bond donors (Lipinski definition) is 0. The Kier molecular flexibility index (Phi) is 5.88. The van der Waals surface area contributed by atoms with Crippen LogP contribution in [0.15, 0.2) is 24.3 Å². The topological polar surface area (TPSA) is 18.5 Å². The highest BCUT2D eigenvalue weighted by atomic mass is 16.5. The highest BCUT2D eigenvalue weighted by molar-refractivity contribution is 5.32. The van der Waals surface area contributed by atoms with Gasteiger partial charge < -0.3 is 9.47 Å². The van der Waals surface area contributed by atoms with E-state index in [1.54, 1.807) is 7.11 Å². The summed E-state index contributed by atoms with van der Waals surface area (Å²) < 4.78 is 11.0. The molecule has 0 spiro atoms. The minimum atomic E-state index is 0.265. The van der Waals surface area contributed by atoms with E-state index in [-0.39, 0.29) is 6.10 Å². The number of rotatable bonds is 7. The van der Waals surface area contributed by atoms with Crippen molar-refractivity contribution >= 4 is 0 Å². The Balaban J connectivity index is 2.36. The lowest BCUT2D eigenvalue weighted by Crippen LogP contribution is -2.11. The third kappa shape index (κ3) is 5.62. The molecule has 0 bridgehead atoms. The van der Waals surface area contributed by atoms with Crippen molar-refractivity contribution in [2.45, 2.75) is 46.1 Å². The van der Waals surface area contributed by atoms with Crippen LogP contribution in [0.5, 0.6) is 11.5 Å². The van der Waals surface area contributed by atoms with Gasteiger partial charge in [-0.1, -0.05) is 26.3 Å². The quantitative estimate of drug-likeness (QED) is 0.703. The van der Waals surface area contributed by atoms with Crippen LogP contribution in [0.25, 0.3) is 0 Å². The number of ether oxygens (including phenoxy) is 2. The van der Waals surface area contributed by atoms with E-state index < -0.39 is 0 Å². The predicted molar refractivity (Wildman–Crippen MR) is 71.8 cm³/mol. The van der Waals surface area contributed by atoms with E-state index in [4.69, 9.17) is 9.47 Å². The van der Waals surface area contributed by atoms with Gasteiger partial charge in [0.15, 0.2) is 0 Å². The SMILES string of the molecule is COc1cccc(OC(C)CCCC(C)C)c1. The van der Waals surface area contributed by atoms with Gasteiger partial charge in [0, 0.05) is 6.07 Å². The molecule has 0 amide bonds. The molecule has 1 rings (SSSR count). The monoisotopic (exact) mass is 236 g/mol. The van der Waals surface area contributed by atoms with E-state index in [0.29, 0.717) is 0 Å². The Labute approximate surface area is 105 Å². The molecular weight excluding hydrogens is 212 g/mol. The number of hydrogen-bond acceptors (Lipinski definition) is 2. The Hall–Kier alpha value is -1.18. The van der Waals surface area contributed by atoms with Crippen molar-refractivity contribution in [3.8, 4) is 11.5 Å². The minimum absolute atomic E-state index is 0.265. The molecule has 0 aromatic heterocycles. The third-order valence-corrected chi connectivity index (χ3v) is 2.77. The van der Waals surface area contributed by atoms with Gasteiger partial charge in [-0.2, -0.15) is 0 Å². The molecular formula is C15H24O2. The second-order valence-electron chi connectivity index (χ2n) is 4.93. The van der Waals surface area contributed by atoms with E-state index in [1.807, 2.05) is 24.3 Å². The van der Waals surface area contributed by atoms with Gasteiger partial charge in [0.2, 0.25) is 0 Å². The first-order valence-corrected chi connectivity index (χ1v) is 6.42. The normalized spacial score (nSPS) is 12.5. The van der Waals surface area contributed by atoms with Crippen molar-refractivity contribution in [2.75, 3.05) is 7.11 Å². The number of methoxy groups -OCH3 is 1. The summed E-state index contributed by atoms with van der Waals surface area (Å²) in [5, 5.41) is 0. The molecule has 0 saturated heterocycles. The predicted octanol–water partition coefficient (Wildman–Crippen LogP) is 4.29. The van der Waals surface area contributed by atoms with Crippen LogP contribution < -0.4 is 9.47 Å². The molecule has 1 unspecified atom stereocenters. The van der Waals surface area contributed by atoms with Crippen molar-refractivity contribution in [3.05, 3.63) is 24.3 Å². The summed E-state index contributed by atoms with van der Waals surface area (Å²) in [5.41, 5.74) is 0. The van der Waals surface area contributed by atoms with Gasteiger partial charge in [-0.25, -0.2) is 0 Å². The summed E-state index contributed by atoms with van der Waals surface area (Å²) >= 11 is 0. The van der Waals surface area contributed by atoms with E-state index in [1.165, 1.54) is 12.8 Å². The first-order valence-electron chi connectivity index (χ1n) is 6.42. The highest BCUT2D eigenvalue weighted by Gasteiger charge is 2.05. The van der Waals surface area contributed by atoms with Crippen LogP contribution in [-0.4, -0.2) is 13.2 Å². The maximum atomic E-state index is 5.86. The van der Waals surface area contributed by atoms with E-state index in [0.717, 1.165) is 23.8 Å². The standard InChI is InChI=1S/C15H24O2/c1-12(2)7-5-8-13(3)17-15-10-6-9-14(11-15)16-4/h6,9-13H,5,7-8H2,1-4H3. The Morgan fingerprint density at radius 3 is 2.41 bits per heavy atom. The summed E-state index contributed by atoms with van der Waals surface area (Å²) in [6.07, 6.45) is 3.87. The molecule has 2 nitrogen and oxygen atoms in total. The second-order valence-corrected chi connectivity index (χ2v) is 4.93. The molecule has 0 aliphatic heterocycles. The third-order valence-electron chi connectivity index (χ3n) is 2.77.